The van der Waals surface area contributed by atoms with Crippen LogP contribution in [0.15, 0.2) is 21.1 Å². The molecule has 2 amide bonds. The van der Waals surface area contributed by atoms with Crippen molar-refractivity contribution in [2.75, 3.05) is 46.3 Å². The van der Waals surface area contributed by atoms with Crippen LogP contribution in [0.5, 0.6) is 0 Å². The average molecular weight is 605 g/mol. The van der Waals surface area contributed by atoms with Crippen molar-refractivity contribution in [2.24, 2.45) is 5.16 Å². The fourth-order valence-corrected chi connectivity index (χ4v) is 5.28. The van der Waals surface area contributed by atoms with Crippen molar-refractivity contribution in [3.8, 4) is 0 Å². The minimum absolute atomic E-state index is 0.0159. The van der Waals surface area contributed by atoms with E-state index in [1.165, 1.54) is 23.8 Å². The molecule has 1 saturated heterocycles. The molecule has 2 unspecified atom stereocenters. The maximum atomic E-state index is 12.8. The second kappa shape index (κ2) is 11.4. The molecule has 2 aliphatic heterocycles. The minimum atomic E-state index is -6.09. The summed E-state index contributed by atoms with van der Waals surface area (Å²) in [7, 11) is 1.04. The highest BCUT2D eigenvalue weighted by atomic mass is 32.2. The number of fused-ring (bicyclic) bond motifs is 1. The third kappa shape index (κ3) is 7.34. The van der Waals surface area contributed by atoms with Crippen LogP contribution >= 0.6 is 23.1 Å². The Hall–Kier alpha value is -2.94. The number of carbonyl (C=O) groups excluding carboxylic acids is 2. The molecule has 20 heteroatoms. The maximum absolute atomic E-state index is 12.8. The summed E-state index contributed by atoms with van der Waals surface area (Å²) < 4.78 is 59.4. The molecule has 0 spiro atoms. The Labute approximate surface area is 222 Å². The number of carbonyl (C=O) groups is 3. The van der Waals surface area contributed by atoms with Crippen LogP contribution in [0.1, 0.15) is 5.69 Å². The zero-order chi connectivity index (χ0) is 29.2. The average Bonchev–Trinajstić information content (AvgIpc) is 3.18. The molecule has 0 radical (unpaired) electrons. The highest BCUT2D eigenvalue weighted by molar-refractivity contribution is 8.03. The third-order valence-corrected chi connectivity index (χ3v) is 7.13. The van der Waals surface area contributed by atoms with Gasteiger partial charge in [0, 0.05) is 11.1 Å². The summed E-state index contributed by atoms with van der Waals surface area (Å²) in [5.74, 6) is -1.81. The summed E-state index contributed by atoms with van der Waals surface area (Å²) in [5, 5.41) is 17.9. The van der Waals surface area contributed by atoms with Crippen LogP contribution in [-0.2, 0) is 29.3 Å². The Morgan fingerprint density at radius 2 is 1.97 bits per heavy atom. The number of thioether (sulfide) groups is 1. The van der Waals surface area contributed by atoms with Gasteiger partial charge >= 0.3 is 11.5 Å². The Kier molecular flexibility index (Phi) is 9.41. The van der Waals surface area contributed by atoms with Crippen molar-refractivity contribution in [1.82, 2.24) is 15.2 Å². The number of nitrogens with one attached hydrogen (secondary N) is 1. The Morgan fingerprint density at radius 1 is 1.39 bits per heavy atom. The highest BCUT2D eigenvalue weighted by Gasteiger charge is 2.54. The number of amides is 2. The van der Waals surface area contributed by atoms with Gasteiger partial charge in [0.2, 0.25) is 0 Å². The topological polar surface area (TPSA) is 204 Å². The molecule has 2 atom stereocenters. The Morgan fingerprint density at radius 3 is 2.39 bits per heavy atom. The minimum Gasteiger partial charge on any atom is -0.741 e. The Balaban J connectivity index is 0.000000550. The predicted octanol–water partition coefficient (Wildman–Crippen LogP) is -0.428. The van der Waals surface area contributed by atoms with Gasteiger partial charge in [-0.3, -0.25) is 14.5 Å². The first-order valence-corrected chi connectivity index (χ1v) is 13.4. The largest absolute Gasteiger partial charge is 0.741 e. The van der Waals surface area contributed by atoms with E-state index in [1.54, 1.807) is 5.38 Å². The standard InChI is InChI=1S/C17H22N6O5S2.CHF3O3S/c1-23(2,3)5-10-13(16(26)27)22-9(7-29-10)12(15(22)25)20-14(24)11(21-28-4)8-6-30-17(18)19-8;2-1(3,4)8(5,6)7/h6,9,12H,5,7H2,1-4H3,(H3-,18,19,20,24,26,27);(H,5,6,7). The summed E-state index contributed by atoms with van der Waals surface area (Å²) in [6, 6.07) is -1.32. The maximum Gasteiger partial charge on any atom is 0.485 e. The second-order valence-electron chi connectivity index (χ2n) is 8.66. The molecule has 3 rings (SSSR count). The van der Waals surface area contributed by atoms with Crippen molar-refractivity contribution < 1.29 is 55.0 Å². The molecular weight excluding hydrogens is 581 g/mol. The summed E-state index contributed by atoms with van der Waals surface area (Å²) in [4.78, 5) is 48.0. The fraction of sp³-hybridized carbons (Fsp3) is 0.500. The molecule has 4 N–H and O–H groups in total. The number of thiazole rings is 1. The van der Waals surface area contributed by atoms with Gasteiger partial charge in [0.15, 0.2) is 21.0 Å². The number of halogens is 3. The lowest BCUT2D eigenvalue weighted by molar-refractivity contribution is -0.864. The lowest BCUT2D eigenvalue weighted by atomic mass is 9.94. The number of rotatable bonds is 7. The van der Waals surface area contributed by atoms with E-state index in [9.17, 15) is 32.7 Å². The quantitative estimate of drug-likeness (QED) is 0.0910. The molecule has 38 heavy (non-hydrogen) atoms. The van der Waals surface area contributed by atoms with Crippen LogP contribution in [-0.4, -0.2) is 114 Å². The van der Waals surface area contributed by atoms with Crippen molar-refractivity contribution >= 4 is 61.8 Å². The number of nitrogen functional groups attached to an aromatic ring is 1. The molecule has 1 fully saturated rings. The SMILES string of the molecule is CON=C(C(=O)NC1C(=O)N2C(C(=O)O)=C(C[N+](C)(C)C)SCC12)c1csc(N)n1.O=S(=O)([O-])C(F)(F)F. The molecule has 2 aliphatic rings. The first-order valence-electron chi connectivity index (χ1n) is 10.2. The highest BCUT2D eigenvalue weighted by Crippen LogP contribution is 2.39. The van der Waals surface area contributed by atoms with E-state index in [0.29, 0.717) is 21.7 Å². The molecule has 0 aliphatic carbocycles. The van der Waals surface area contributed by atoms with Crippen molar-refractivity contribution in [1.29, 1.82) is 0 Å². The number of nitrogens with zero attached hydrogens (tertiary/aromatic N) is 4. The van der Waals surface area contributed by atoms with E-state index in [0.717, 1.165) is 11.3 Å². The monoisotopic (exact) mass is 604 g/mol. The van der Waals surface area contributed by atoms with E-state index >= 15 is 0 Å². The lowest BCUT2D eigenvalue weighted by Gasteiger charge is -2.50. The number of oxime groups is 1. The number of aromatic nitrogens is 1. The van der Waals surface area contributed by atoms with Gasteiger partial charge in [0.05, 0.1) is 32.1 Å². The van der Waals surface area contributed by atoms with Gasteiger partial charge in [-0.25, -0.2) is 18.2 Å². The Bertz CT molecular complexity index is 1270. The van der Waals surface area contributed by atoms with Crippen LogP contribution in [0.2, 0.25) is 0 Å². The van der Waals surface area contributed by atoms with Gasteiger partial charge in [0.1, 0.15) is 31.1 Å². The van der Waals surface area contributed by atoms with Crippen LogP contribution in [0.3, 0.4) is 0 Å². The molecule has 0 bridgehead atoms. The van der Waals surface area contributed by atoms with Gasteiger partial charge in [-0.15, -0.1) is 23.1 Å². The van der Waals surface area contributed by atoms with Crippen LogP contribution in [0.25, 0.3) is 0 Å². The number of aliphatic carboxylic acids is 1. The normalized spacial score (nSPS) is 20.2. The predicted molar refractivity (Wildman–Crippen MR) is 128 cm³/mol. The van der Waals surface area contributed by atoms with Crippen molar-refractivity contribution in [3.63, 3.8) is 0 Å². The molecule has 0 saturated carbocycles. The van der Waals surface area contributed by atoms with Gasteiger partial charge in [-0.05, 0) is 0 Å². The summed E-state index contributed by atoms with van der Waals surface area (Å²) in [5.41, 5.74) is 0.0738. The second-order valence-corrected chi connectivity index (χ2v) is 12.0. The fourth-order valence-electron chi connectivity index (χ4n) is 3.21. The van der Waals surface area contributed by atoms with Crippen LogP contribution in [0.4, 0.5) is 18.3 Å². The number of hydrogen-bond donors (Lipinski definition) is 3. The van der Waals surface area contributed by atoms with Gasteiger partial charge in [0.25, 0.3) is 11.8 Å². The number of β-lactam (4-membered cyclic amide) rings is 1. The number of hydrogen-bond acceptors (Lipinski definition) is 12. The molecule has 0 aromatic carbocycles. The number of anilines is 1. The number of carboxylic acids is 1. The third-order valence-electron chi connectivity index (χ3n) is 4.71. The molecule has 14 nitrogen and oxygen atoms in total. The lowest BCUT2D eigenvalue weighted by Crippen LogP contribution is -2.73. The molecule has 1 aromatic rings. The first kappa shape index (κ1) is 31.3. The van der Waals surface area contributed by atoms with Gasteiger partial charge in [-0.2, -0.15) is 13.2 Å². The van der Waals surface area contributed by atoms with Gasteiger partial charge in [-0.1, -0.05) is 5.16 Å². The zero-order valence-electron chi connectivity index (χ0n) is 20.2. The first-order chi connectivity index (χ1) is 17.3. The van der Waals surface area contributed by atoms with E-state index in [4.69, 9.17) is 23.5 Å². The van der Waals surface area contributed by atoms with E-state index < -0.39 is 45.5 Å². The van der Waals surface area contributed by atoms with Gasteiger partial charge < -0.3 is 30.0 Å². The molecule has 1 aromatic heterocycles. The summed E-state index contributed by atoms with van der Waals surface area (Å²) >= 11 is 2.54. The molecule has 212 valence electrons. The molecule has 3 heterocycles. The van der Waals surface area contributed by atoms with Crippen molar-refractivity contribution in [3.05, 3.63) is 21.7 Å². The number of alkyl halides is 3. The summed E-state index contributed by atoms with van der Waals surface area (Å²) in [6.45, 7) is 0.482. The number of carboxylic acid groups (broad SMARTS) is 1. The van der Waals surface area contributed by atoms with Crippen LogP contribution in [0, 0.1) is 0 Å². The smallest absolute Gasteiger partial charge is 0.485 e. The number of nitrogens with two attached hydrogens (primary N) is 1. The number of quaternary nitrogens is 1. The number of likely N-dealkylation sites (N-methyl/N-ethyl adjacent to an activating group) is 1. The summed E-state index contributed by atoms with van der Waals surface area (Å²) in [6.07, 6.45) is 0. The van der Waals surface area contributed by atoms with E-state index in [-0.39, 0.29) is 22.2 Å². The van der Waals surface area contributed by atoms with E-state index in [1.807, 2.05) is 21.1 Å². The zero-order valence-corrected chi connectivity index (χ0v) is 22.6. The molecular formula is C18H23F3N6O8S3. The van der Waals surface area contributed by atoms with Crippen LogP contribution < -0.4 is 11.1 Å². The van der Waals surface area contributed by atoms with Crippen molar-refractivity contribution in [2.45, 2.75) is 17.6 Å². The van der Waals surface area contributed by atoms with E-state index in [2.05, 4.69) is 15.5 Å².